The van der Waals surface area contributed by atoms with E-state index in [0.29, 0.717) is 12.1 Å². The molecule has 0 saturated carbocycles. The first-order chi connectivity index (χ1) is 10.5. The number of hydrogen-bond donors (Lipinski definition) is 1. The van der Waals surface area contributed by atoms with Crippen molar-refractivity contribution in [2.75, 3.05) is 14.2 Å². The van der Waals surface area contributed by atoms with Crippen LogP contribution in [0.15, 0.2) is 36.4 Å². The normalized spacial score (nSPS) is 10.5. The van der Waals surface area contributed by atoms with Crippen LogP contribution in [0.25, 0.3) is 11.1 Å². The van der Waals surface area contributed by atoms with E-state index < -0.39 is 0 Å². The molecular weight excluding hydrogens is 281 g/mol. The number of aryl methyl sites for hydroxylation is 1. The molecule has 0 aliphatic heterocycles. The van der Waals surface area contributed by atoms with E-state index in [9.17, 15) is 9.18 Å². The Morgan fingerprint density at radius 2 is 1.95 bits per heavy atom. The van der Waals surface area contributed by atoms with Crippen LogP contribution >= 0.6 is 0 Å². The van der Waals surface area contributed by atoms with Gasteiger partial charge in [-0.15, -0.1) is 0 Å². The summed E-state index contributed by atoms with van der Waals surface area (Å²) in [7, 11) is 3.20. The molecule has 1 N–H and O–H groups in total. The number of methoxy groups -OCH3 is 1. The Balaban J connectivity index is 2.47. The largest absolute Gasteiger partial charge is 0.469 e. The zero-order valence-corrected chi connectivity index (χ0v) is 13.1. The SMILES string of the molecule is CNCc1cc(C)ccc1-c1cc(CC(=O)OC)ccc1F. The minimum atomic E-state index is -0.336. The van der Waals surface area contributed by atoms with Gasteiger partial charge in [-0.25, -0.2) is 4.39 Å². The molecule has 0 bridgehead atoms. The van der Waals surface area contributed by atoms with Gasteiger partial charge < -0.3 is 10.1 Å². The van der Waals surface area contributed by atoms with E-state index in [1.807, 2.05) is 32.2 Å². The number of esters is 1. The van der Waals surface area contributed by atoms with Crippen molar-refractivity contribution in [1.82, 2.24) is 5.32 Å². The molecule has 0 aromatic heterocycles. The lowest BCUT2D eigenvalue weighted by Gasteiger charge is -2.13. The van der Waals surface area contributed by atoms with Crippen molar-refractivity contribution < 1.29 is 13.9 Å². The highest BCUT2D eigenvalue weighted by molar-refractivity contribution is 5.75. The fourth-order valence-electron chi connectivity index (χ4n) is 2.45. The summed E-state index contributed by atoms with van der Waals surface area (Å²) < 4.78 is 18.9. The summed E-state index contributed by atoms with van der Waals surface area (Å²) in [6, 6.07) is 10.6. The lowest BCUT2D eigenvalue weighted by molar-refractivity contribution is -0.139. The van der Waals surface area contributed by atoms with Crippen molar-refractivity contribution in [1.29, 1.82) is 0 Å². The molecule has 0 saturated heterocycles. The smallest absolute Gasteiger partial charge is 0.309 e. The maximum atomic E-state index is 14.3. The zero-order valence-electron chi connectivity index (χ0n) is 13.1. The average Bonchev–Trinajstić information content (AvgIpc) is 2.50. The van der Waals surface area contributed by atoms with Gasteiger partial charge in [0.2, 0.25) is 0 Å². The molecule has 0 fully saturated rings. The molecule has 0 spiro atoms. The first-order valence-corrected chi connectivity index (χ1v) is 7.15. The summed E-state index contributed by atoms with van der Waals surface area (Å²) in [5, 5.41) is 3.10. The van der Waals surface area contributed by atoms with E-state index in [1.54, 1.807) is 12.1 Å². The van der Waals surface area contributed by atoms with Crippen LogP contribution in [0.1, 0.15) is 16.7 Å². The third-order valence-electron chi connectivity index (χ3n) is 3.53. The molecule has 3 nitrogen and oxygen atoms in total. The molecule has 0 aliphatic rings. The molecule has 0 radical (unpaired) electrons. The number of hydrogen-bond acceptors (Lipinski definition) is 3. The highest BCUT2D eigenvalue weighted by Gasteiger charge is 2.12. The molecule has 2 rings (SSSR count). The third-order valence-corrected chi connectivity index (χ3v) is 3.53. The second-order valence-corrected chi connectivity index (χ2v) is 5.26. The summed E-state index contributed by atoms with van der Waals surface area (Å²) in [4.78, 5) is 11.4. The number of nitrogens with one attached hydrogen (secondary N) is 1. The summed E-state index contributed by atoms with van der Waals surface area (Å²) in [5.74, 6) is -0.633. The summed E-state index contributed by atoms with van der Waals surface area (Å²) in [6.45, 7) is 2.66. The molecule has 0 heterocycles. The van der Waals surface area contributed by atoms with Gasteiger partial charge in [0, 0.05) is 12.1 Å². The van der Waals surface area contributed by atoms with Crippen LogP contribution in [-0.4, -0.2) is 20.1 Å². The minimum Gasteiger partial charge on any atom is -0.469 e. The van der Waals surface area contributed by atoms with Crippen molar-refractivity contribution >= 4 is 5.97 Å². The van der Waals surface area contributed by atoms with Crippen molar-refractivity contribution in [3.05, 3.63) is 58.9 Å². The maximum absolute atomic E-state index is 14.3. The van der Waals surface area contributed by atoms with Crippen LogP contribution in [-0.2, 0) is 22.5 Å². The highest BCUT2D eigenvalue weighted by atomic mass is 19.1. The standard InChI is InChI=1S/C18H20FNO2/c1-12-4-6-15(14(8-12)11-20-2)16-9-13(5-7-17(16)19)10-18(21)22-3/h4-9,20H,10-11H2,1-3H3. The average molecular weight is 301 g/mol. The minimum absolute atomic E-state index is 0.136. The number of carbonyl (C=O) groups excluding carboxylic acids is 1. The van der Waals surface area contributed by atoms with Gasteiger partial charge in [-0.3, -0.25) is 4.79 Å². The molecule has 4 heteroatoms. The van der Waals surface area contributed by atoms with E-state index in [-0.39, 0.29) is 18.2 Å². The van der Waals surface area contributed by atoms with E-state index in [1.165, 1.54) is 13.2 Å². The summed E-state index contributed by atoms with van der Waals surface area (Å²) >= 11 is 0. The topological polar surface area (TPSA) is 38.3 Å². The molecule has 2 aromatic rings. The Bertz CT molecular complexity index is 683. The molecule has 0 amide bonds. The first-order valence-electron chi connectivity index (χ1n) is 7.15. The predicted molar refractivity (Wildman–Crippen MR) is 85.1 cm³/mol. The van der Waals surface area contributed by atoms with Gasteiger partial charge in [0.25, 0.3) is 0 Å². The van der Waals surface area contributed by atoms with E-state index >= 15 is 0 Å². The second-order valence-electron chi connectivity index (χ2n) is 5.26. The Kier molecular flexibility index (Phi) is 5.28. The molecule has 2 aromatic carbocycles. The van der Waals surface area contributed by atoms with Crippen LogP contribution in [0.2, 0.25) is 0 Å². The first kappa shape index (κ1) is 16.2. The Hall–Kier alpha value is -2.20. The maximum Gasteiger partial charge on any atom is 0.309 e. The third kappa shape index (κ3) is 3.71. The number of halogens is 1. The number of carbonyl (C=O) groups is 1. The van der Waals surface area contributed by atoms with Gasteiger partial charge in [0.15, 0.2) is 0 Å². The predicted octanol–water partition coefficient (Wildman–Crippen LogP) is 3.24. The van der Waals surface area contributed by atoms with Crippen molar-refractivity contribution in [2.45, 2.75) is 19.9 Å². The lowest BCUT2D eigenvalue weighted by Crippen LogP contribution is -2.08. The van der Waals surface area contributed by atoms with Crippen LogP contribution < -0.4 is 5.32 Å². The monoisotopic (exact) mass is 301 g/mol. The quantitative estimate of drug-likeness (QED) is 0.862. The Labute approximate surface area is 130 Å². The van der Waals surface area contributed by atoms with Crippen molar-refractivity contribution in [2.24, 2.45) is 0 Å². The van der Waals surface area contributed by atoms with E-state index in [4.69, 9.17) is 0 Å². The zero-order chi connectivity index (χ0) is 16.1. The summed E-state index contributed by atoms with van der Waals surface area (Å²) in [6.07, 6.45) is 0.136. The van der Waals surface area contributed by atoms with Gasteiger partial charge >= 0.3 is 5.97 Å². The fraction of sp³-hybridized carbons (Fsp3) is 0.278. The molecule has 22 heavy (non-hydrogen) atoms. The van der Waals surface area contributed by atoms with E-state index in [0.717, 1.165) is 22.3 Å². The van der Waals surface area contributed by atoms with Gasteiger partial charge in [-0.1, -0.05) is 29.8 Å². The van der Waals surface area contributed by atoms with Crippen LogP contribution in [0, 0.1) is 12.7 Å². The summed E-state index contributed by atoms with van der Waals surface area (Å²) in [5.41, 5.74) is 4.23. The van der Waals surface area contributed by atoms with Crippen molar-refractivity contribution in [3.8, 4) is 11.1 Å². The highest BCUT2D eigenvalue weighted by Crippen LogP contribution is 2.28. The molecule has 0 atom stereocenters. The molecule has 0 aliphatic carbocycles. The fourth-order valence-corrected chi connectivity index (χ4v) is 2.45. The van der Waals surface area contributed by atoms with Crippen molar-refractivity contribution in [3.63, 3.8) is 0 Å². The van der Waals surface area contributed by atoms with Crippen LogP contribution in [0.4, 0.5) is 4.39 Å². The Morgan fingerprint density at radius 1 is 1.18 bits per heavy atom. The second kappa shape index (κ2) is 7.18. The number of benzene rings is 2. The molecular formula is C18H20FNO2. The van der Waals surface area contributed by atoms with Crippen LogP contribution in [0.5, 0.6) is 0 Å². The lowest BCUT2D eigenvalue weighted by atomic mass is 9.95. The van der Waals surface area contributed by atoms with Gasteiger partial charge in [0.05, 0.1) is 13.5 Å². The van der Waals surface area contributed by atoms with Gasteiger partial charge in [-0.05, 0) is 42.8 Å². The molecule has 0 unspecified atom stereocenters. The van der Waals surface area contributed by atoms with Gasteiger partial charge in [-0.2, -0.15) is 0 Å². The number of rotatable bonds is 5. The van der Waals surface area contributed by atoms with E-state index in [2.05, 4.69) is 10.1 Å². The Morgan fingerprint density at radius 3 is 2.64 bits per heavy atom. The van der Waals surface area contributed by atoms with Gasteiger partial charge in [0.1, 0.15) is 5.82 Å². The molecule has 116 valence electrons. The number of ether oxygens (including phenoxy) is 1. The van der Waals surface area contributed by atoms with Crippen LogP contribution in [0.3, 0.4) is 0 Å².